The average Bonchev–Trinajstić information content (AvgIpc) is 3.06. The van der Waals surface area contributed by atoms with E-state index in [1.165, 1.54) is 0 Å². The van der Waals surface area contributed by atoms with Gasteiger partial charge < -0.3 is 14.7 Å². The molecule has 1 N–H and O–H groups in total. The van der Waals surface area contributed by atoms with Crippen molar-refractivity contribution in [1.82, 2.24) is 4.90 Å². The van der Waals surface area contributed by atoms with E-state index in [2.05, 4.69) is 0 Å². The molecule has 0 aliphatic carbocycles. The van der Waals surface area contributed by atoms with Crippen molar-refractivity contribution in [2.45, 2.75) is 25.8 Å². The van der Waals surface area contributed by atoms with Crippen molar-refractivity contribution in [2.75, 3.05) is 13.7 Å². The number of amides is 1. The molecule has 1 aliphatic heterocycles. The molecule has 0 spiro atoms. The number of hydrogen-bond acceptors (Lipinski definition) is 4. The van der Waals surface area contributed by atoms with E-state index in [0.29, 0.717) is 17.9 Å². The van der Waals surface area contributed by atoms with Crippen molar-refractivity contribution >= 4 is 28.2 Å². The first kappa shape index (κ1) is 20.7. The lowest BCUT2D eigenvalue weighted by molar-refractivity contribution is -0.139. The maximum absolute atomic E-state index is 13.0. The number of benzene rings is 3. The maximum Gasteiger partial charge on any atom is 0.295 e. The Morgan fingerprint density at radius 3 is 2.39 bits per heavy atom. The van der Waals surface area contributed by atoms with Crippen LogP contribution in [0.25, 0.3) is 16.5 Å². The highest BCUT2D eigenvalue weighted by molar-refractivity contribution is 6.46. The topological polar surface area (TPSA) is 66.8 Å². The Balaban J connectivity index is 1.86. The first-order chi connectivity index (χ1) is 15.0. The Morgan fingerprint density at radius 2 is 1.71 bits per heavy atom. The van der Waals surface area contributed by atoms with Gasteiger partial charge in [-0.25, -0.2) is 0 Å². The highest BCUT2D eigenvalue weighted by atomic mass is 16.5. The fourth-order valence-corrected chi connectivity index (χ4v) is 4.06. The molecular formula is C26H25NO4. The molecule has 3 aromatic rings. The molecule has 0 aromatic heterocycles. The first-order valence-corrected chi connectivity index (χ1v) is 10.5. The van der Waals surface area contributed by atoms with Gasteiger partial charge >= 0.3 is 0 Å². The van der Waals surface area contributed by atoms with Crippen LogP contribution in [-0.2, 0) is 9.59 Å². The molecule has 1 heterocycles. The number of unbranched alkanes of at least 4 members (excludes halogenated alkanes) is 1. The quantitative estimate of drug-likeness (QED) is 0.347. The van der Waals surface area contributed by atoms with Gasteiger partial charge in [0.05, 0.1) is 18.7 Å². The number of hydrogen-bond donors (Lipinski definition) is 1. The largest absolute Gasteiger partial charge is 0.507 e. The van der Waals surface area contributed by atoms with Gasteiger partial charge in [0.1, 0.15) is 11.5 Å². The SMILES string of the molecule is CCCCN1C(=O)C(=O)/C(=C(\O)c2ccc3ccccc3c2)C1c1ccc(OC)cc1. The molecule has 3 aromatic carbocycles. The van der Waals surface area contributed by atoms with Crippen LogP contribution >= 0.6 is 0 Å². The van der Waals surface area contributed by atoms with E-state index < -0.39 is 17.7 Å². The van der Waals surface area contributed by atoms with Crippen LogP contribution in [0.4, 0.5) is 0 Å². The second kappa shape index (κ2) is 8.64. The third kappa shape index (κ3) is 3.79. The summed E-state index contributed by atoms with van der Waals surface area (Å²) in [7, 11) is 1.59. The summed E-state index contributed by atoms with van der Waals surface area (Å²) in [6.07, 6.45) is 1.67. The average molecular weight is 415 g/mol. The molecule has 4 rings (SSSR count). The zero-order valence-electron chi connectivity index (χ0n) is 17.7. The number of aliphatic hydroxyl groups is 1. The van der Waals surface area contributed by atoms with Gasteiger partial charge in [-0.1, -0.05) is 61.9 Å². The van der Waals surface area contributed by atoms with Gasteiger partial charge in [-0.2, -0.15) is 0 Å². The molecule has 31 heavy (non-hydrogen) atoms. The number of methoxy groups -OCH3 is 1. The summed E-state index contributed by atoms with van der Waals surface area (Å²) >= 11 is 0. The van der Waals surface area contributed by atoms with E-state index in [9.17, 15) is 14.7 Å². The summed E-state index contributed by atoms with van der Waals surface area (Å²) in [5, 5.41) is 13.2. The molecule has 1 amide bonds. The zero-order valence-corrected chi connectivity index (χ0v) is 17.7. The van der Waals surface area contributed by atoms with Crippen molar-refractivity contribution in [3.63, 3.8) is 0 Å². The molecule has 1 unspecified atom stereocenters. The second-order valence-electron chi connectivity index (χ2n) is 7.68. The third-order valence-electron chi connectivity index (χ3n) is 5.75. The highest BCUT2D eigenvalue weighted by Gasteiger charge is 2.45. The Labute approximate surface area is 181 Å². The lowest BCUT2D eigenvalue weighted by Crippen LogP contribution is -2.30. The summed E-state index contributed by atoms with van der Waals surface area (Å²) in [5.74, 6) is -0.688. The number of fused-ring (bicyclic) bond motifs is 1. The minimum Gasteiger partial charge on any atom is -0.507 e. The van der Waals surface area contributed by atoms with Crippen LogP contribution in [0.15, 0.2) is 72.3 Å². The fraction of sp³-hybridized carbons (Fsp3) is 0.231. The number of Topliss-reactive ketones (excluding diaryl/α,β-unsaturated/α-hetero) is 1. The van der Waals surface area contributed by atoms with Crippen LogP contribution in [0.5, 0.6) is 5.75 Å². The molecule has 5 heteroatoms. The minimum absolute atomic E-state index is 0.126. The van der Waals surface area contributed by atoms with Crippen molar-refractivity contribution in [2.24, 2.45) is 0 Å². The van der Waals surface area contributed by atoms with E-state index in [4.69, 9.17) is 4.74 Å². The monoisotopic (exact) mass is 415 g/mol. The van der Waals surface area contributed by atoms with E-state index in [-0.39, 0.29) is 11.3 Å². The first-order valence-electron chi connectivity index (χ1n) is 10.5. The van der Waals surface area contributed by atoms with E-state index >= 15 is 0 Å². The van der Waals surface area contributed by atoms with Crippen LogP contribution in [-0.4, -0.2) is 35.4 Å². The number of carbonyl (C=O) groups excluding carboxylic acids is 2. The molecule has 158 valence electrons. The van der Waals surface area contributed by atoms with Gasteiger partial charge in [0.2, 0.25) is 0 Å². The summed E-state index contributed by atoms with van der Waals surface area (Å²) in [5.41, 5.74) is 1.41. The molecule has 0 radical (unpaired) electrons. The van der Waals surface area contributed by atoms with E-state index in [1.54, 1.807) is 30.2 Å². The fourth-order valence-electron chi connectivity index (χ4n) is 4.06. The van der Waals surface area contributed by atoms with Crippen molar-refractivity contribution < 1.29 is 19.4 Å². The van der Waals surface area contributed by atoms with Gasteiger partial charge in [0.15, 0.2) is 0 Å². The summed E-state index contributed by atoms with van der Waals surface area (Å²) < 4.78 is 5.24. The summed E-state index contributed by atoms with van der Waals surface area (Å²) in [4.78, 5) is 27.5. The van der Waals surface area contributed by atoms with E-state index in [0.717, 1.165) is 29.2 Å². The smallest absolute Gasteiger partial charge is 0.295 e. The van der Waals surface area contributed by atoms with Gasteiger partial charge in [-0.05, 0) is 41.0 Å². The number of rotatable bonds is 6. The van der Waals surface area contributed by atoms with Gasteiger partial charge in [-0.3, -0.25) is 9.59 Å². The van der Waals surface area contributed by atoms with Gasteiger partial charge in [-0.15, -0.1) is 0 Å². The molecule has 1 saturated heterocycles. The maximum atomic E-state index is 13.0. The lowest BCUT2D eigenvalue weighted by Gasteiger charge is -2.25. The number of aliphatic hydroxyl groups excluding tert-OH is 1. The molecule has 1 aliphatic rings. The Bertz CT molecular complexity index is 1160. The highest BCUT2D eigenvalue weighted by Crippen LogP contribution is 2.40. The minimum atomic E-state index is -0.650. The molecule has 5 nitrogen and oxygen atoms in total. The number of ether oxygens (including phenoxy) is 1. The number of nitrogens with zero attached hydrogens (tertiary/aromatic N) is 1. The van der Waals surface area contributed by atoms with Crippen LogP contribution in [0.3, 0.4) is 0 Å². The van der Waals surface area contributed by atoms with Crippen molar-refractivity contribution in [3.8, 4) is 5.75 Å². The third-order valence-corrected chi connectivity index (χ3v) is 5.75. The van der Waals surface area contributed by atoms with Crippen molar-refractivity contribution in [3.05, 3.63) is 83.4 Å². The van der Waals surface area contributed by atoms with Crippen LogP contribution in [0, 0.1) is 0 Å². The molecule has 1 fully saturated rings. The van der Waals surface area contributed by atoms with Crippen molar-refractivity contribution in [1.29, 1.82) is 0 Å². The summed E-state index contributed by atoms with van der Waals surface area (Å²) in [6, 6.07) is 20.0. The number of likely N-dealkylation sites (tertiary alicyclic amines) is 1. The predicted octanol–water partition coefficient (Wildman–Crippen LogP) is 5.07. The van der Waals surface area contributed by atoms with Crippen LogP contribution in [0.1, 0.15) is 36.9 Å². The van der Waals surface area contributed by atoms with Gasteiger partial charge in [0.25, 0.3) is 11.7 Å². The Kier molecular flexibility index (Phi) is 5.76. The standard InChI is InChI=1S/C26H25NO4/c1-3-4-15-27-23(18-11-13-21(31-2)14-12-18)22(25(29)26(27)30)24(28)20-10-9-17-7-5-6-8-19(17)16-20/h5-14,16,23,28H,3-4,15H2,1-2H3/b24-22-. The number of carbonyl (C=O) groups is 2. The normalized spacial score (nSPS) is 18.0. The van der Waals surface area contributed by atoms with Gasteiger partial charge in [0, 0.05) is 12.1 Å². The Morgan fingerprint density at radius 1 is 1.00 bits per heavy atom. The molecule has 0 bridgehead atoms. The molecule has 0 saturated carbocycles. The number of ketones is 1. The second-order valence-corrected chi connectivity index (χ2v) is 7.68. The molecule has 1 atom stereocenters. The van der Waals surface area contributed by atoms with Crippen LogP contribution in [0.2, 0.25) is 0 Å². The predicted molar refractivity (Wildman–Crippen MR) is 121 cm³/mol. The van der Waals surface area contributed by atoms with Crippen LogP contribution < -0.4 is 4.74 Å². The Hall–Kier alpha value is -3.60. The summed E-state index contributed by atoms with van der Waals surface area (Å²) in [6.45, 7) is 2.49. The zero-order chi connectivity index (χ0) is 22.0. The molecular weight excluding hydrogens is 390 g/mol. The van der Waals surface area contributed by atoms with E-state index in [1.807, 2.05) is 55.5 Å². The lowest BCUT2D eigenvalue weighted by atomic mass is 9.94.